The second kappa shape index (κ2) is 6.34. The second-order valence-corrected chi connectivity index (χ2v) is 4.53. The van der Waals surface area contributed by atoms with Crippen LogP contribution in [-0.4, -0.2) is 36.1 Å². The number of alkyl halides is 3. The first-order valence-corrected chi connectivity index (χ1v) is 5.97. The van der Waals surface area contributed by atoms with Crippen molar-refractivity contribution in [2.75, 3.05) is 0 Å². The molecule has 7 nitrogen and oxygen atoms in total. The number of amides is 1. The van der Waals surface area contributed by atoms with Crippen molar-refractivity contribution in [2.24, 2.45) is 5.73 Å². The highest BCUT2D eigenvalue weighted by molar-refractivity contribution is 7.86. The molecule has 112 valence electrons. The van der Waals surface area contributed by atoms with Crippen molar-refractivity contribution in [2.45, 2.75) is 11.1 Å². The number of carboxylic acids is 1. The third-order valence-corrected chi connectivity index (χ3v) is 2.58. The highest BCUT2D eigenvalue weighted by Gasteiger charge is 2.38. The van der Waals surface area contributed by atoms with Gasteiger partial charge in [-0.05, 0) is 12.1 Å². The van der Waals surface area contributed by atoms with Crippen LogP contribution in [0.3, 0.4) is 0 Å². The van der Waals surface area contributed by atoms with Gasteiger partial charge in [0.25, 0.3) is 10.1 Å². The standard InChI is InChI=1S/C7H7NO4S.C2HF3O2/c8-7(9)5-3-1-2-4-6(5)13(10,11)12;3-2(4,5)1(6)7/h1-4H,(H2,8,9)(H,10,11,12);(H,6,7). The number of benzene rings is 1. The van der Waals surface area contributed by atoms with Crippen molar-refractivity contribution in [3.8, 4) is 0 Å². The quantitative estimate of drug-likeness (QED) is 0.686. The third kappa shape index (κ3) is 5.67. The number of carbonyl (C=O) groups is 2. The molecule has 0 fully saturated rings. The predicted octanol–water partition coefficient (Wildman–Crippen LogP) is 0.665. The van der Waals surface area contributed by atoms with E-state index in [2.05, 4.69) is 0 Å². The van der Waals surface area contributed by atoms with Gasteiger partial charge in [0.05, 0.1) is 5.56 Å². The molecule has 0 radical (unpaired) electrons. The molecule has 0 bridgehead atoms. The molecule has 0 aromatic heterocycles. The van der Waals surface area contributed by atoms with Gasteiger partial charge in [0.2, 0.25) is 5.91 Å². The van der Waals surface area contributed by atoms with Crippen LogP contribution in [0, 0.1) is 0 Å². The summed E-state index contributed by atoms with van der Waals surface area (Å²) >= 11 is 0. The summed E-state index contributed by atoms with van der Waals surface area (Å²) in [6.07, 6.45) is -5.08. The van der Waals surface area contributed by atoms with Gasteiger partial charge in [0.1, 0.15) is 4.90 Å². The Morgan fingerprint density at radius 1 is 1.15 bits per heavy atom. The number of hydrogen-bond acceptors (Lipinski definition) is 4. The van der Waals surface area contributed by atoms with Crippen LogP contribution >= 0.6 is 0 Å². The Kier molecular flexibility index (Phi) is 5.66. The minimum Gasteiger partial charge on any atom is -0.475 e. The van der Waals surface area contributed by atoms with E-state index in [1.807, 2.05) is 0 Å². The van der Waals surface area contributed by atoms with Gasteiger partial charge in [-0.1, -0.05) is 12.1 Å². The summed E-state index contributed by atoms with van der Waals surface area (Å²) in [6, 6.07) is 5.17. The van der Waals surface area contributed by atoms with Crippen molar-refractivity contribution in [1.29, 1.82) is 0 Å². The molecule has 0 saturated carbocycles. The van der Waals surface area contributed by atoms with E-state index >= 15 is 0 Å². The van der Waals surface area contributed by atoms with Crippen LogP contribution in [0.4, 0.5) is 13.2 Å². The van der Waals surface area contributed by atoms with Crippen molar-refractivity contribution >= 4 is 22.0 Å². The van der Waals surface area contributed by atoms with Crippen LogP contribution in [0.15, 0.2) is 29.2 Å². The molecule has 0 saturated heterocycles. The Bertz CT molecular complexity index is 610. The number of halogens is 3. The fourth-order valence-electron chi connectivity index (χ4n) is 0.895. The van der Waals surface area contributed by atoms with E-state index in [4.69, 9.17) is 20.2 Å². The predicted molar refractivity (Wildman–Crippen MR) is 58.5 cm³/mol. The summed E-state index contributed by atoms with van der Waals surface area (Å²) in [7, 11) is -4.38. The van der Waals surface area contributed by atoms with Gasteiger partial charge in [-0.3, -0.25) is 9.35 Å². The smallest absolute Gasteiger partial charge is 0.475 e. The van der Waals surface area contributed by atoms with E-state index < -0.39 is 33.1 Å². The summed E-state index contributed by atoms with van der Waals surface area (Å²) < 4.78 is 61.8. The fraction of sp³-hybridized carbons (Fsp3) is 0.111. The van der Waals surface area contributed by atoms with Crippen molar-refractivity contribution < 1.29 is 40.8 Å². The van der Waals surface area contributed by atoms with E-state index in [-0.39, 0.29) is 5.56 Å². The summed E-state index contributed by atoms with van der Waals surface area (Å²) in [5.41, 5.74) is 4.68. The maximum Gasteiger partial charge on any atom is 0.490 e. The summed E-state index contributed by atoms with van der Waals surface area (Å²) in [6.45, 7) is 0. The number of carboxylic acid groups (broad SMARTS) is 1. The van der Waals surface area contributed by atoms with Gasteiger partial charge in [0.15, 0.2) is 0 Å². The molecular formula is C9H8F3NO6S. The zero-order valence-electron chi connectivity index (χ0n) is 9.46. The average Bonchev–Trinajstić information content (AvgIpc) is 2.27. The number of nitrogens with two attached hydrogens (primary N) is 1. The fourth-order valence-corrected chi connectivity index (χ4v) is 1.59. The molecule has 1 amide bonds. The molecule has 0 unspecified atom stereocenters. The van der Waals surface area contributed by atoms with E-state index in [9.17, 15) is 26.4 Å². The van der Waals surface area contributed by atoms with Crippen molar-refractivity contribution in [3.05, 3.63) is 29.8 Å². The maximum absolute atomic E-state index is 10.7. The molecule has 11 heteroatoms. The van der Waals surface area contributed by atoms with Crippen molar-refractivity contribution in [3.63, 3.8) is 0 Å². The Labute approximate surface area is 110 Å². The van der Waals surface area contributed by atoms with E-state index in [0.29, 0.717) is 0 Å². The molecular weight excluding hydrogens is 307 g/mol. The SMILES string of the molecule is NC(=O)c1ccccc1S(=O)(=O)O.O=C(O)C(F)(F)F. The highest BCUT2D eigenvalue weighted by atomic mass is 32.2. The molecule has 0 aliphatic carbocycles. The van der Waals surface area contributed by atoms with Crippen LogP contribution in [0.1, 0.15) is 10.4 Å². The number of aliphatic carboxylic acids is 1. The monoisotopic (exact) mass is 315 g/mol. The van der Waals surface area contributed by atoms with Crippen molar-refractivity contribution in [1.82, 2.24) is 0 Å². The third-order valence-electron chi connectivity index (χ3n) is 1.67. The summed E-state index contributed by atoms with van der Waals surface area (Å²) in [4.78, 5) is 19.1. The summed E-state index contributed by atoms with van der Waals surface area (Å²) in [5, 5.41) is 7.12. The number of rotatable bonds is 2. The van der Waals surface area contributed by atoms with Crippen LogP contribution in [-0.2, 0) is 14.9 Å². The first-order valence-electron chi connectivity index (χ1n) is 4.53. The lowest BCUT2D eigenvalue weighted by Gasteiger charge is -2.01. The zero-order chi connectivity index (χ0) is 16.1. The minimum absolute atomic E-state index is 0.218. The highest BCUT2D eigenvalue weighted by Crippen LogP contribution is 2.14. The largest absolute Gasteiger partial charge is 0.490 e. The Morgan fingerprint density at radius 3 is 1.80 bits per heavy atom. The molecule has 0 aliphatic rings. The zero-order valence-corrected chi connectivity index (χ0v) is 10.3. The average molecular weight is 315 g/mol. The molecule has 1 aromatic rings. The van der Waals surface area contributed by atoms with Gasteiger partial charge in [0, 0.05) is 0 Å². The van der Waals surface area contributed by atoms with Crippen LogP contribution in [0.2, 0.25) is 0 Å². The topological polar surface area (TPSA) is 135 Å². The molecule has 0 spiro atoms. The molecule has 0 atom stereocenters. The Morgan fingerprint density at radius 2 is 1.55 bits per heavy atom. The molecule has 4 N–H and O–H groups in total. The van der Waals surface area contributed by atoms with Crippen LogP contribution in [0.25, 0.3) is 0 Å². The van der Waals surface area contributed by atoms with Gasteiger partial charge < -0.3 is 10.8 Å². The molecule has 0 heterocycles. The van der Waals surface area contributed by atoms with Gasteiger partial charge >= 0.3 is 12.1 Å². The van der Waals surface area contributed by atoms with Gasteiger partial charge in [-0.2, -0.15) is 21.6 Å². The van der Waals surface area contributed by atoms with Crippen LogP contribution in [0.5, 0.6) is 0 Å². The molecule has 20 heavy (non-hydrogen) atoms. The number of primary amides is 1. The Balaban J connectivity index is 0.000000441. The van der Waals surface area contributed by atoms with E-state index in [0.717, 1.165) is 6.07 Å². The van der Waals surface area contributed by atoms with Crippen LogP contribution < -0.4 is 5.73 Å². The summed E-state index contributed by atoms with van der Waals surface area (Å²) in [5.74, 6) is -3.65. The van der Waals surface area contributed by atoms with E-state index in [1.165, 1.54) is 18.2 Å². The Hall–Kier alpha value is -2.14. The lowest BCUT2D eigenvalue weighted by molar-refractivity contribution is -0.192. The first kappa shape index (κ1) is 17.9. The molecule has 1 rings (SSSR count). The normalized spacial score (nSPS) is 11.2. The van der Waals surface area contributed by atoms with Gasteiger partial charge in [-0.25, -0.2) is 4.79 Å². The lowest BCUT2D eigenvalue weighted by Crippen LogP contribution is -2.21. The van der Waals surface area contributed by atoms with Gasteiger partial charge in [-0.15, -0.1) is 0 Å². The van der Waals surface area contributed by atoms with E-state index in [1.54, 1.807) is 0 Å². The number of hydrogen-bond donors (Lipinski definition) is 3. The molecule has 0 aliphatic heterocycles. The second-order valence-electron chi connectivity index (χ2n) is 3.14. The number of carbonyl (C=O) groups excluding carboxylic acids is 1. The first-order chi connectivity index (χ1) is 8.87. The molecule has 1 aromatic carbocycles. The minimum atomic E-state index is -5.08. The lowest BCUT2D eigenvalue weighted by atomic mass is 10.2. The maximum atomic E-state index is 10.7.